The second-order valence-corrected chi connectivity index (χ2v) is 15.0. The number of rotatable bonds is 5. The average molecular weight is 562 g/mol. The van der Waals surface area contributed by atoms with Crippen LogP contribution in [0.1, 0.15) is 26.3 Å². The summed E-state index contributed by atoms with van der Waals surface area (Å²) in [7, 11) is -1.76. The highest BCUT2D eigenvalue weighted by molar-refractivity contribution is 8.34. The molecule has 0 N–H and O–H groups in total. The van der Waals surface area contributed by atoms with Gasteiger partial charge in [-0.3, -0.25) is 0 Å². The van der Waals surface area contributed by atoms with Crippen molar-refractivity contribution in [3.05, 3.63) is 163 Å². The van der Waals surface area contributed by atoms with Crippen LogP contribution >= 0.6 is 10.0 Å². The van der Waals surface area contributed by atoms with Crippen LogP contribution in [0.2, 0.25) is 0 Å². The quantitative estimate of drug-likeness (QED) is 0.197. The van der Waals surface area contributed by atoms with Gasteiger partial charge in [0.05, 0.1) is 11.0 Å². The van der Waals surface area contributed by atoms with Crippen molar-refractivity contribution < 1.29 is 0 Å². The minimum absolute atomic E-state index is 0.118. The fraction of sp³-hybridized carbons (Fsp3) is 0.100. The van der Waals surface area contributed by atoms with E-state index in [0.29, 0.717) is 0 Å². The Balaban J connectivity index is 1.54. The Labute approximate surface area is 250 Å². The van der Waals surface area contributed by atoms with Gasteiger partial charge in [0.1, 0.15) is 0 Å². The highest BCUT2D eigenvalue weighted by Gasteiger charge is 2.33. The second kappa shape index (κ2) is 10.4. The Morgan fingerprint density at radius 3 is 1.43 bits per heavy atom. The smallest absolute Gasteiger partial charge is 0.0541 e. The molecule has 1 heterocycles. The van der Waals surface area contributed by atoms with Gasteiger partial charge < -0.3 is 4.57 Å². The number of hydrogen-bond donors (Lipinski definition) is 0. The molecule has 0 atom stereocenters. The van der Waals surface area contributed by atoms with Crippen molar-refractivity contribution in [3.63, 3.8) is 0 Å². The van der Waals surface area contributed by atoms with E-state index in [1.807, 2.05) is 0 Å². The largest absolute Gasteiger partial charge is 0.309 e. The second-order valence-electron chi connectivity index (χ2n) is 11.9. The van der Waals surface area contributed by atoms with E-state index in [9.17, 15) is 0 Å². The molecule has 7 aromatic rings. The lowest BCUT2D eigenvalue weighted by Crippen LogP contribution is -2.10. The normalized spacial score (nSPS) is 12.5. The molecule has 1 aromatic heterocycles. The van der Waals surface area contributed by atoms with Crippen LogP contribution in [0.3, 0.4) is 0 Å². The predicted molar refractivity (Wildman–Crippen MR) is 179 cm³/mol. The minimum Gasteiger partial charge on any atom is -0.309 e. The third-order valence-corrected chi connectivity index (χ3v) is 12.2. The van der Waals surface area contributed by atoms with E-state index >= 15 is 0 Å². The lowest BCUT2D eigenvalue weighted by Gasteiger charge is -2.42. The SMILES string of the molecule is CC(C)(C)c1ccc(-n2c3ccccc3c3cc(S(c4ccccc4)(c4ccccc4)c4ccccc4)ccc32)cc1. The van der Waals surface area contributed by atoms with Crippen molar-refractivity contribution in [1.82, 2.24) is 4.57 Å². The van der Waals surface area contributed by atoms with E-state index in [-0.39, 0.29) is 5.41 Å². The van der Waals surface area contributed by atoms with Crippen molar-refractivity contribution in [2.24, 2.45) is 0 Å². The highest BCUT2D eigenvalue weighted by atomic mass is 32.3. The molecule has 0 fully saturated rings. The zero-order chi connectivity index (χ0) is 28.7. The molecule has 2 heteroatoms. The number of aromatic nitrogens is 1. The van der Waals surface area contributed by atoms with Crippen LogP contribution in [0.4, 0.5) is 0 Å². The summed E-state index contributed by atoms with van der Waals surface area (Å²) in [6, 6.07) is 58.4. The van der Waals surface area contributed by atoms with Gasteiger partial charge in [-0.05, 0) is 83.8 Å². The highest BCUT2D eigenvalue weighted by Crippen LogP contribution is 2.73. The summed E-state index contributed by atoms with van der Waals surface area (Å²) >= 11 is 0. The molecule has 42 heavy (non-hydrogen) atoms. The van der Waals surface area contributed by atoms with Gasteiger partial charge in [0, 0.05) is 36.0 Å². The van der Waals surface area contributed by atoms with Gasteiger partial charge in [-0.2, -0.15) is 0 Å². The first-order valence-corrected chi connectivity index (χ1v) is 16.2. The van der Waals surface area contributed by atoms with Gasteiger partial charge in [-0.1, -0.05) is 106 Å². The van der Waals surface area contributed by atoms with Crippen LogP contribution in [0.25, 0.3) is 27.5 Å². The van der Waals surface area contributed by atoms with Crippen LogP contribution in [0.15, 0.2) is 177 Å². The van der Waals surface area contributed by atoms with Crippen molar-refractivity contribution >= 4 is 31.8 Å². The number of hydrogen-bond acceptors (Lipinski definition) is 0. The Morgan fingerprint density at radius 1 is 0.429 bits per heavy atom. The van der Waals surface area contributed by atoms with Crippen LogP contribution < -0.4 is 0 Å². The Morgan fingerprint density at radius 2 is 0.905 bits per heavy atom. The van der Waals surface area contributed by atoms with Crippen molar-refractivity contribution in [3.8, 4) is 5.69 Å². The standard InChI is InChI=1S/C40H35NS/c1-40(2,3)30-23-25-31(26-24-30)41-38-22-14-13-21-36(38)37-29-35(27-28-39(37)41)42(32-15-7-4-8-16-32,33-17-9-5-10-18-33)34-19-11-6-12-20-34/h4-29H,1-3H3. The molecule has 206 valence electrons. The number of fused-ring (bicyclic) bond motifs is 3. The number of para-hydroxylation sites is 1. The van der Waals surface area contributed by atoms with Crippen LogP contribution in [-0.4, -0.2) is 4.57 Å². The first-order chi connectivity index (χ1) is 20.5. The summed E-state index contributed by atoms with van der Waals surface area (Å²) in [5.41, 5.74) is 5.11. The van der Waals surface area contributed by atoms with E-state index in [0.717, 1.165) is 0 Å². The minimum atomic E-state index is -1.76. The molecule has 0 unspecified atom stereocenters. The molecule has 0 spiro atoms. The third kappa shape index (κ3) is 4.26. The van der Waals surface area contributed by atoms with Crippen LogP contribution in [0, 0.1) is 0 Å². The molecule has 0 radical (unpaired) electrons. The van der Waals surface area contributed by atoms with Crippen LogP contribution in [0.5, 0.6) is 0 Å². The number of nitrogens with zero attached hydrogens (tertiary/aromatic N) is 1. The molecule has 0 saturated carbocycles. The molecule has 6 aromatic carbocycles. The monoisotopic (exact) mass is 561 g/mol. The van der Waals surface area contributed by atoms with Crippen LogP contribution in [-0.2, 0) is 5.41 Å². The fourth-order valence-corrected chi connectivity index (χ4v) is 10.1. The maximum atomic E-state index is 2.47. The first-order valence-electron chi connectivity index (χ1n) is 14.6. The first kappa shape index (κ1) is 26.4. The zero-order valence-corrected chi connectivity index (χ0v) is 25.2. The summed E-state index contributed by atoms with van der Waals surface area (Å²) in [5, 5.41) is 2.55. The average Bonchev–Trinajstić information content (AvgIpc) is 3.37. The molecular weight excluding hydrogens is 527 g/mol. The summed E-state index contributed by atoms with van der Waals surface area (Å²) in [6.07, 6.45) is 0. The van der Waals surface area contributed by atoms with Gasteiger partial charge in [-0.25, -0.2) is 0 Å². The fourth-order valence-electron chi connectivity index (χ4n) is 6.22. The van der Waals surface area contributed by atoms with E-state index in [4.69, 9.17) is 0 Å². The molecule has 0 aliphatic carbocycles. The van der Waals surface area contributed by atoms with E-state index in [1.54, 1.807) is 0 Å². The van der Waals surface area contributed by atoms with Gasteiger partial charge in [-0.15, -0.1) is 10.0 Å². The summed E-state index contributed by atoms with van der Waals surface area (Å²) in [5.74, 6) is 0. The summed E-state index contributed by atoms with van der Waals surface area (Å²) < 4.78 is 2.42. The molecule has 0 amide bonds. The summed E-state index contributed by atoms with van der Waals surface area (Å²) in [6.45, 7) is 6.81. The van der Waals surface area contributed by atoms with E-state index < -0.39 is 10.0 Å². The predicted octanol–water partition coefficient (Wildman–Crippen LogP) is 11.4. The molecule has 0 aliphatic rings. The third-order valence-electron chi connectivity index (χ3n) is 8.28. The van der Waals surface area contributed by atoms with Gasteiger partial charge >= 0.3 is 0 Å². The lowest BCUT2D eigenvalue weighted by atomic mass is 9.87. The Kier molecular flexibility index (Phi) is 6.52. The van der Waals surface area contributed by atoms with E-state index in [1.165, 1.54) is 52.6 Å². The topological polar surface area (TPSA) is 4.93 Å². The van der Waals surface area contributed by atoms with Gasteiger partial charge in [0.2, 0.25) is 0 Å². The molecular formula is C40H35NS. The molecule has 7 rings (SSSR count). The van der Waals surface area contributed by atoms with Crippen molar-refractivity contribution in [2.45, 2.75) is 45.8 Å². The maximum Gasteiger partial charge on any atom is 0.0541 e. The van der Waals surface area contributed by atoms with E-state index in [2.05, 4.69) is 183 Å². The summed E-state index contributed by atoms with van der Waals surface area (Å²) in [4.78, 5) is 5.35. The zero-order valence-electron chi connectivity index (χ0n) is 24.4. The van der Waals surface area contributed by atoms with Gasteiger partial charge in [0.15, 0.2) is 0 Å². The van der Waals surface area contributed by atoms with Gasteiger partial charge in [0.25, 0.3) is 0 Å². The maximum absolute atomic E-state index is 2.47. The molecule has 0 bridgehead atoms. The molecule has 0 saturated heterocycles. The molecule has 1 nitrogen and oxygen atoms in total. The Bertz CT molecular complexity index is 1880. The van der Waals surface area contributed by atoms with Crippen molar-refractivity contribution in [1.29, 1.82) is 0 Å². The lowest BCUT2D eigenvalue weighted by molar-refractivity contribution is 0.590. The van der Waals surface area contributed by atoms with Crippen molar-refractivity contribution in [2.75, 3.05) is 0 Å². The number of benzene rings is 6. The molecule has 0 aliphatic heterocycles. The Hall–Kier alpha value is -4.53.